The molecule has 0 saturated carbocycles. The van der Waals surface area contributed by atoms with E-state index in [0.717, 1.165) is 18.9 Å². The highest BCUT2D eigenvalue weighted by Gasteiger charge is 2.18. The number of rotatable bonds is 4. The molecule has 1 aromatic carbocycles. The highest BCUT2D eigenvalue weighted by molar-refractivity contribution is 5.41. The fourth-order valence-electron chi connectivity index (χ4n) is 2.74. The van der Waals surface area contributed by atoms with Crippen molar-refractivity contribution >= 4 is 11.8 Å². The van der Waals surface area contributed by atoms with Crippen molar-refractivity contribution in [3.05, 3.63) is 41.8 Å². The molecule has 1 saturated heterocycles. The average Bonchev–Trinajstić information content (AvgIpc) is 2.54. The summed E-state index contributed by atoms with van der Waals surface area (Å²) in [5.41, 5.74) is 0.586. The van der Waals surface area contributed by atoms with E-state index < -0.39 is 0 Å². The molecule has 0 spiro atoms. The number of anilines is 2. The van der Waals surface area contributed by atoms with Gasteiger partial charge in [-0.25, -0.2) is 4.39 Å². The summed E-state index contributed by atoms with van der Waals surface area (Å²) < 4.78 is 13.6. The lowest BCUT2D eigenvalue weighted by Crippen LogP contribution is -2.35. The van der Waals surface area contributed by atoms with E-state index >= 15 is 0 Å². The van der Waals surface area contributed by atoms with E-state index in [-0.39, 0.29) is 5.82 Å². The van der Waals surface area contributed by atoms with Crippen LogP contribution in [0.1, 0.15) is 25.3 Å². The molecule has 3 rings (SSSR count). The predicted molar refractivity (Wildman–Crippen MR) is 84.2 cm³/mol. The molecule has 1 atom stereocenters. The van der Waals surface area contributed by atoms with Crippen LogP contribution >= 0.6 is 0 Å². The van der Waals surface area contributed by atoms with Gasteiger partial charge in [-0.1, -0.05) is 25.1 Å². The fourth-order valence-corrected chi connectivity index (χ4v) is 2.74. The number of piperidine rings is 1. The maximum Gasteiger partial charge on any atom is 0.244 e. The van der Waals surface area contributed by atoms with E-state index in [2.05, 4.69) is 32.3 Å². The third-order valence-corrected chi connectivity index (χ3v) is 3.92. The number of benzene rings is 1. The number of halogens is 1. The van der Waals surface area contributed by atoms with Crippen molar-refractivity contribution < 1.29 is 4.39 Å². The Morgan fingerprint density at radius 1 is 1.36 bits per heavy atom. The zero-order valence-electron chi connectivity index (χ0n) is 12.7. The van der Waals surface area contributed by atoms with E-state index in [9.17, 15) is 4.39 Å². The van der Waals surface area contributed by atoms with E-state index in [1.54, 1.807) is 18.3 Å². The third-order valence-electron chi connectivity index (χ3n) is 3.92. The first-order valence-corrected chi connectivity index (χ1v) is 7.64. The Kier molecular flexibility index (Phi) is 4.46. The quantitative estimate of drug-likeness (QED) is 0.941. The van der Waals surface area contributed by atoms with Gasteiger partial charge in [0, 0.05) is 25.2 Å². The van der Waals surface area contributed by atoms with Gasteiger partial charge in [-0.3, -0.25) is 0 Å². The lowest BCUT2D eigenvalue weighted by Gasteiger charge is -2.31. The van der Waals surface area contributed by atoms with E-state index in [1.165, 1.54) is 18.9 Å². The molecule has 116 valence electrons. The molecule has 0 aliphatic carbocycles. The van der Waals surface area contributed by atoms with Gasteiger partial charge in [0.2, 0.25) is 5.95 Å². The fraction of sp³-hybridized carbons (Fsp3) is 0.438. The van der Waals surface area contributed by atoms with Crippen LogP contribution < -0.4 is 10.2 Å². The second-order valence-electron chi connectivity index (χ2n) is 5.78. The average molecular weight is 301 g/mol. The molecule has 1 fully saturated rings. The Balaban J connectivity index is 1.67. The lowest BCUT2D eigenvalue weighted by atomic mass is 10.0. The monoisotopic (exact) mass is 301 g/mol. The van der Waals surface area contributed by atoms with Crippen molar-refractivity contribution in [2.75, 3.05) is 23.3 Å². The van der Waals surface area contributed by atoms with Crippen LogP contribution in [0.3, 0.4) is 0 Å². The van der Waals surface area contributed by atoms with Gasteiger partial charge in [-0.15, -0.1) is 5.10 Å². The topological polar surface area (TPSA) is 53.9 Å². The molecule has 0 radical (unpaired) electrons. The van der Waals surface area contributed by atoms with Gasteiger partial charge in [0.25, 0.3) is 0 Å². The van der Waals surface area contributed by atoms with Gasteiger partial charge in [-0.2, -0.15) is 10.1 Å². The van der Waals surface area contributed by atoms with E-state index in [0.29, 0.717) is 24.0 Å². The van der Waals surface area contributed by atoms with Crippen molar-refractivity contribution in [2.24, 2.45) is 5.92 Å². The SMILES string of the molecule is CC1CCCN(c2cnnc(NCc3ccccc3F)n2)C1. The largest absolute Gasteiger partial charge is 0.355 e. The van der Waals surface area contributed by atoms with Crippen molar-refractivity contribution in [3.8, 4) is 0 Å². The van der Waals surface area contributed by atoms with Crippen LogP contribution in [0, 0.1) is 11.7 Å². The van der Waals surface area contributed by atoms with Crippen molar-refractivity contribution in [3.63, 3.8) is 0 Å². The molecule has 6 heteroatoms. The van der Waals surface area contributed by atoms with Crippen LogP contribution in [0.25, 0.3) is 0 Å². The highest BCUT2D eigenvalue weighted by Crippen LogP contribution is 2.21. The Morgan fingerprint density at radius 3 is 3.05 bits per heavy atom. The molecular weight excluding hydrogens is 281 g/mol. The van der Waals surface area contributed by atoms with Crippen molar-refractivity contribution in [2.45, 2.75) is 26.3 Å². The normalized spacial score (nSPS) is 18.3. The maximum absolute atomic E-state index is 13.6. The number of nitrogens with zero attached hydrogens (tertiary/aromatic N) is 4. The van der Waals surface area contributed by atoms with Gasteiger partial charge in [0.1, 0.15) is 5.82 Å². The zero-order chi connectivity index (χ0) is 15.4. The molecule has 22 heavy (non-hydrogen) atoms. The van der Waals surface area contributed by atoms with Crippen LogP contribution in [0.4, 0.5) is 16.2 Å². The zero-order valence-corrected chi connectivity index (χ0v) is 12.7. The summed E-state index contributed by atoms with van der Waals surface area (Å²) in [6.07, 6.45) is 4.11. The molecule has 2 aromatic rings. The molecular formula is C16H20FN5. The number of hydrogen-bond donors (Lipinski definition) is 1. The standard InChI is InChI=1S/C16H20FN5/c1-12-5-4-8-22(11-12)15-10-19-21-16(20-15)18-9-13-6-2-3-7-14(13)17/h2-3,6-7,10,12H,4-5,8-9,11H2,1H3,(H,18,20,21). The summed E-state index contributed by atoms with van der Waals surface area (Å²) >= 11 is 0. The summed E-state index contributed by atoms with van der Waals surface area (Å²) in [7, 11) is 0. The summed E-state index contributed by atoms with van der Waals surface area (Å²) in [6.45, 7) is 4.58. The summed E-state index contributed by atoms with van der Waals surface area (Å²) in [5, 5.41) is 11.0. The van der Waals surface area contributed by atoms with Gasteiger partial charge >= 0.3 is 0 Å². The van der Waals surface area contributed by atoms with Crippen LogP contribution in [-0.4, -0.2) is 28.3 Å². The summed E-state index contributed by atoms with van der Waals surface area (Å²) in [6, 6.07) is 6.67. The third kappa shape index (κ3) is 3.50. The molecule has 1 unspecified atom stereocenters. The lowest BCUT2D eigenvalue weighted by molar-refractivity contribution is 0.444. The van der Waals surface area contributed by atoms with Crippen LogP contribution in [-0.2, 0) is 6.54 Å². The second kappa shape index (κ2) is 6.68. The van der Waals surface area contributed by atoms with Gasteiger partial charge in [0.05, 0.1) is 6.20 Å². The molecule has 1 aromatic heterocycles. The van der Waals surface area contributed by atoms with Crippen LogP contribution in [0.15, 0.2) is 30.5 Å². The summed E-state index contributed by atoms with van der Waals surface area (Å²) in [5.74, 6) is 1.69. The minimum Gasteiger partial charge on any atom is -0.355 e. The van der Waals surface area contributed by atoms with Gasteiger partial charge in [-0.05, 0) is 24.8 Å². The molecule has 2 heterocycles. The molecule has 0 bridgehead atoms. The second-order valence-corrected chi connectivity index (χ2v) is 5.78. The minimum atomic E-state index is -0.232. The van der Waals surface area contributed by atoms with Crippen molar-refractivity contribution in [1.29, 1.82) is 0 Å². The first kappa shape index (κ1) is 14.7. The number of aromatic nitrogens is 3. The highest BCUT2D eigenvalue weighted by atomic mass is 19.1. The molecule has 1 aliphatic rings. The molecule has 1 N–H and O–H groups in total. The van der Waals surface area contributed by atoms with Crippen LogP contribution in [0.2, 0.25) is 0 Å². The molecule has 5 nitrogen and oxygen atoms in total. The number of nitrogens with one attached hydrogen (secondary N) is 1. The molecule has 1 aliphatic heterocycles. The Bertz CT molecular complexity index is 633. The smallest absolute Gasteiger partial charge is 0.244 e. The maximum atomic E-state index is 13.6. The Hall–Kier alpha value is -2.24. The summed E-state index contributed by atoms with van der Waals surface area (Å²) in [4.78, 5) is 6.73. The Labute approximate surface area is 129 Å². The van der Waals surface area contributed by atoms with Crippen LogP contribution in [0.5, 0.6) is 0 Å². The first-order valence-electron chi connectivity index (χ1n) is 7.64. The van der Waals surface area contributed by atoms with Gasteiger partial charge in [0.15, 0.2) is 5.82 Å². The predicted octanol–water partition coefficient (Wildman–Crippen LogP) is 2.86. The van der Waals surface area contributed by atoms with Crippen molar-refractivity contribution in [1.82, 2.24) is 15.2 Å². The number of hydrogen-bond acceptors (Lipinski definition) is 5. The van der Waals surface area contributed by atoms with Gasteiger partial charge < -0.3 is 10.2 Å². The van der Waals surface area contributed by atoms with E-state index in [1.807, 2.05) is 6.07 Å². The first-order chi connectivity index (χ1) is 10.7. The van der Waals surface area contributed by atoms with E-state index in [4.69, 9.17) is 0 Å². The molecule has 0 amide bonds. The minimum absolute atomic E-state index is 0.232. The Morgan fingerprint density at radius 2 is 2.23 bits per heavy atom.